The average molecular weight is 378 g/mol. The quantitative estimate of drug-likeness (QED) is 0.823. The van der Waals surface area contributed by atoms with Crippen molar-refractivity contribution in [1.82, 2.24) is 10.2 Å². The highest BCUT2D eigenvalue weighted by Gasteiger charge is 2.25. The number of ether oxygens (including phenoxy) is 1. The number of rotatable bonds is 5. The number of benzene rings is 1. The summed E-state index contributed by atoms with van der Waals surface area (Å²) in [5.41, 5.74) is 8.07. The number of aryl methyl sites for hydroxylation is 1. The van der Waals surface area contributed by atoms with Crippen LogP contribution in [0.4, 0.5) is 0 Å². The number of hydrogen-bond donors (Lipinski definition) is 2. The number of halogens is 2. The maximum Gasteiger partial charge on any atom is 0.241 e. The van der Waals surface area contributed by atoms with Crippen LogP contribution in [-0.4, -0.2) is 49.2 Å². The minimum atomic E-state index is -0.625. The molecular formula is C17H29Cl2N3O2. The molecule has 1 saturated heterocycles. The number of nitrogens with zero attached hydrogens (tertiary/aromatic N) is 1. The van der Waals surface area contributed by atoms with E-state index in [9.17, 15) is 4.79 Å². The van der Waals surface area contributed by atoms with E-state index in [-0.39, 0.29) is 42.8 Å². The van der Waals surface area contributed by atoms with E-state index in [4.69, 9.17) is 10.5 Å². The first kappa shape index (κ1) is 23.1. The van der Waals surface area contributed by atoms with Gasteiger partial charge in [0.25, 0.3) is 0 Å². The number of carbonyl (C=O) groups is 1. The molecule has 3 unspecified atom stereocenters. The second kappa shape index (κ2) is 10.9. The lowest BCUT2D eigenvalue weighted by Crippen LogP contribution is -2.53. The zero-order chi connectivity index (χ0) is 16.1. The third-order valence-corrected chi connectivity index (χ3v) is 4.43. The van der Waals surface area contributed by atoms with Crippen molar-refractivity contribution < 1.29 is 9.53 Å². The molecule has 0 bridgehead atoms. The van der Waals surface area contributed by atoms with Crippen molar-refractivity contribution in [3.8, 4) is 0 Å². The molecule has 1 aromatic rings. The molecule has 7 heteroatoms. The van der Waals surface area contributed by atoms with Gasteiger partial charge in [0.1, 0.15) is 6.04 Å². The van der Waals surface area contributed by atoms with Crippen LogP contribution in [0.5, 0.6) is 0 Å². The Hall–Kier alpha value is -0.850. The molecule has 0 radical (unpaired) electrons. The van der Waals surface area contributed by atoms with Gasteiger partial charge in [-0.1, -0.05) is 29.8 Å². The molecule has 1 aliphatic heterocycles. The van der Waals surface area contributed by atoms with E-state index < -0.39 is 6.04 Å². The molecule has 24 heavy (non-hydrogen) atoms. The molecule has 2 rings (SSSR count). The summed E-state index contributed by atoms with van der Waals surface area (Å²) >= 11 is 0. The molecule has 0 aromatic heterocycles. The molecule has 1 amide bonds. The van der Waals surface area contributed by atoms with E-state index in [1.54, 1.807) is 0 Å². The third-order valence-electron chi connectivity index (χ3n) is 4.43. The van der Waals surface area contributed by atoms with Gasteiger partial charge < -0.3 is 15.8 Å². The Bertz CT molecular complexity index is 493. The normalized spacial score (nSPS) is 18.5. The van der Waals surface area contributed by atoms with Crippen molar-refractivity contribution in [3.05, 3.63) is 35.4 Å². The highest BCUT2D eigenvalue weighted by Crippen LogP contribution is 2.13. The minimum absolute atomic E-state index is 0. The Morgan fingerprint density at radius 3 is 2.25 bits per heavy atom. The maximum absolute atomic E-state index is 12.3. The Morgan fingerprint density at radius 1 is 1.17 bits per heavy atom. The molecule has 1 aliphatic rings. The standard InChI is InChI=1S/C17H27N3O2.2ClH/c1-12-4-6-15(7-5-12)16(18)17(21)19-13(2)14(3)20-8-10-22-11-9-20;;/h4-7,13-14,16H,8-11,18H2,1-3H3,(H,19,21);2*1H. The van der Waals surface area contributed by atoms with Gasteiger partial charge in [0.2, 0.25) is 5.91 Å². The Kier molecular flexibility index (Phi) is 10.5. The second-order valence-corrected chi connectivity index (χ2v) is 6.07. The molecule has 3 atom stereocenters. The fraction of sp³-hybridized carbons (Fsp3) is 0.588. The zero-order valence-electron chi connectivity index (χ0n) is 14.5. The highest BCUT2D eigenvalue weighted by atomic mass is 35.5. The summed E-state index contributed by atoms with van der Waals surface area (Å²) < 4.78 is 5.37. The minimum Gasteiger partial charge on any atom is -0.379 e. The first-order chi connectivity index (χ1) is 10.5. The van der Waals surface area contributed by atoms with Gasteiger partial charge in [-0.15, -0.1) is 24.8 Å². The summed E-state index contributed by atoms with van der Waals surface area (Å²) in [4.78, 5) is 14.7. The van der Waals surface area contributed by atoms with E-state index >= 15 is 0 Å². The van der Waals surface area contributed by atoms with Crippen LogP contribution in [0.15, 0.2) is 24.3 Å². The molecule has 138 valence electrons. The van der Waals surface area contributed by atoms with E-state index in [0.717, 1.165) is 37.4 Å². The van der Waals surface area contributed by atoms with E-state index in [1.807, 2.05) is 38.1 Å². The van der Waals surface area contributed by atoms with Crippen molar-refractivity contribution in [1.29, 1.82) is 0 Å². The largest absolute Gasteiger partial charge is 0.379 e. The van der Waals surface area contributed by atoms with Gasteiger partial charge in [-0.25, -0.2) is 0 Å². The average Bonchev–Trinajstić information content (AvgIpc) is 2.54. The lowest BCUT2D eigenvalue weighted by molar-refractivity contribution is -0.123. The summed E-state index contributed by atoms with van der Waals surface area (Å²) in [6, 6.07) is 7.45. The van der Waals surface area contributed by atoms with Gasteiger partial charge in [-0.05, 0) is 26.3 Å². The molecule has 5 nitrogen and oxygen atoms in total. The molecule has 1 aromatic carbocycles. The molecule has 1 fully saturated rings. The summed E-state index contributed by atoms with van der Waals surface area (Å²) in [5, 5.41) is 3.04. The van der Waals surface area contributed by atoms with Crippen LogP contribution in [0.3, 0.4) is 0 Å². The first-order valence-corrected chi connectivity index (χ1v) is 7.93. The third kappa shape index (κ3) is 6.22. The van der Waals surface area contributed by atoms with Crippen molar-refractivity contribution in [2.45, 2.75) is 38.9 Å². The lowest BCUT2D eigenvalue weighted by Gasteiger charge is -2.36. The monoisotopic (exact) mass is 377 g/mol. The first-order valence-electron chi connectivity index (χ1n) is 7.93. The van der Waals surface area contributed by atoms with Crippen molar-refractivity contribution >= 4 is 30.7 Å². The van der Waals surface area contributed by atoms with E-state index in [0.29, 0.717) is 0 Å². The van der Waals surface area contributed by atoms with Crippen LogP contribution in [0.2, 0.25) is 0 Å². The molecule has 3 N–H and O–H groups in total. The summed E-state index contributed by atoms with van der Waals surface area (Å²) in [6.45, 7) is 9.51. The maximum atomic E-state index is 12.3. The number of amides is 1. The van der Waals surface area contributed by atoms with Gasteiger partial charge >= 0.3 is 0 Å². The van der Waals surface area contributed by atoms with E-state index in [1.165, 1.54) is 0 Å². The van der Waals surface area contributed by atoms with Crippen LogP contribution >= 0.6 is 24.8 Å². The highest BCUT2D eigenvalue weighted by molar-refractivity contribution is 5.85. The van der Waals surface area contributed by atoms with Gasteiger partial charge in [0.05, 0.1) is 13.2 Å². The van der Waals surface area contributed by atoms with Crippen LogP contribution in [0, 0.1) is 6.92 Å². The fourth-order valence-electron chi connectivity index (χ4n) is 2.66. The molecule has 1 heterocycles. The Balaban J connectivity index is 0.00000264. The second-order valence-electron chi connectivity index (χ2n) is 6.07. The predicted octanol–water partition coefficient (Wildman–Crippen LogP) is 2.06. The number of nitrogens with two attached hydrogens (primary N) is 1. The number of nitrogens with one attached hydrogen (secondary N) is 1. The van der Waals surface area contributed by atoms with Crippen LogP contribution in [0.1, 0.15) is 31.0 Å². The molecule has 0 aliphatic carbocycles. The SMILES string of the molecule is Cc1ccc(C(N)C(=O)NC(C)C(C)N2CCOCC2)cc1.Cl.Cl. The number of morpholine rings is 1. The van der Waals surface area contributed by atoms with Crippen LogP contribution in [0.25, 0.3) is 0 Å². The topological polar surface area (TPSA) is 67.6 Å². The lowest BCUT2D eigenvalue weighted by atomic mass is 10.0. The molecule has 0 spiro atoms. The van der Waals surface area contributed by atoms with Gasteiger partial charge in [-0.3, -0.25) is 9.69 Å². The summed E-state index contributed by atoms with van der Waals surface area (Å²) in [5.74, 6) is -0.128. The molecular weight excluding hydrogens is 349 g/mol. The zero-order valence-corrected chi connectivity index (χ0v) is 16.2. The predicted molar refractivity (Wildman–Crippen MR) is 102 cm³/mol. The smallest absolute Gasteiger partial charge is 0.241 e. The van der Waals surface area contributed by atoms with Crippen molar-refractivity contribution in [2.24, 2.45) is 5.73 Å². The number of carbonyl (C=O) groups excluding carboxylic acids is 1. The van der Waals surface area contributed by atoms with Crippen molar-refractivity contribution in [3.63, 3.8) is 0 Å². The Morgan fingerprint density at radius 2 is 1.71 bits per heavy atom. The number of hydrogen-bond acceptors (Lipinski definition) is 4. The van der Waals surface area contributed by atoms with Crippen molar-refractivity contribution in [2.75, 3.05) is 26.3 Å². The summed E-state index contributed by atoms with van der Waals surface area (Å²) in [7, 11) is 0. The van der Waals surface area contributed by atoms with Gasteiger partial charge in [0, 0.05) is 25.2 Å². The fourth-order valence-corrected chi connectivity index (χ4v) is 2.66. The molecule has 0 saturated carbocycles. The Labute approximate surface area is 157 Å². The summed E-state index contributed by atoms with van der Waals surface area (Å²) in [6.07, 6.45) is 0. The van der Waals surface area contributed by atoms with Crippen LogP contribution in [-0.2, 0) is 9.53 Å². The van der Waals surface area contributed by atoms with Gasteiger partial charge in [0.15, 0.2) is 0 Å². The van der Waals surface area contributed by atoms with Crippen LogP contribution < -0.4 is 11.1 Å². The van der Waals surface area contributed by atoms with Gasteiger partial charge in [-0.2, -0.15) is 0 Å². The van der Waals surface area contributed by atoms with E-state index in [2.05, 4.69) is 17.1 Å².